The molecular weight excluding hydrogens is 282 g/mol. The lowest BCUT2D eigenvalue weighted by atomic mass is 10.4. The van der Waals surface area contributed by atoms with Crippen molar-refractivity contribution in [3.63, 3.8) is 0 Å². The molecule has 0 atom stereocenters. The summed E-state index contributed by atoms with van der Waals surface area (Å²) in [6.45, 7) is 2.20. The molecule has 0 saturated heterocycles. The van der Waals surface area contributed by atoms with Crippen molar-refractivity contribution in [2.75, 3.05) is 6.61 Å². The Bertz CT molecular complexity index is 364. The third-order valence-corrected chi connectivity index (χ3v) is 3.14. The number of ether oxygens (including phenoxy) is 1. The van der Waals surface area contributed by atoms with Crippen molar-refractivity contribution in [3.05, 3.63) is 20.8 Å². The molecule has 0 spiro atoms. The number of carbonyl (C=O) groups is 2. The van der Waals surface area contributed by atoms with Gasteiger partial charge in [-0.3, -0.25) is 4.79 Å². The van der Waals surface area contributed by atoms with E-state index in [-0.39, 0.29) is 6.61 Å². The van der Waals surface area contributed by atoms with Gasteiger partial charge in [0.15, 0.2) is 0 Å². The SMILES string of the molecule is CCOC(=O)C(=O)NCc1ccc(Br)s1. The smallest absolute Gasteiger partial charge is 0.396 e. The number of hydrogen-bond acceptors (Lipinski definition) is 4. The van der Waals surface area contributed by atoms with Gasteiger partial charge in [0.05, 0.1) is 16.9 Å². The Morgan fingerprint density at radius 2 is 2.27 bits per heavy atom. The maximum atomic E-state index is 11.1. The third kappa shape index (κ3) is 4.01. The van der Waals surface area contributed by atoms with E-state index in [1.807, 2.05) is 12.1 Å². The number of thiophene rings is 1. The van der Waals surface area contributed by atoms with Crippen LogP contribution in [0.2, 0.25) is 0 Å². The predicted octanol–water partition coefficient (Wildman–Crippen LogP) is 1.69. The molecule has 15 heavy (non-hydrogen) atoms. The highest BCUT2D eigenvalue weighted by molar-refractivity contribution is 9.11. The topological polar surface area (TPSA) is 55.4 Å². The molecule has 1 N–H and O–H groups in total. The van der Waals surface area contributed by atoms with Crippen molar-refractivity contribution in [2.45, 2.75) is 13.5 Å². The number of amides is 1. The van der Waals surface area contributed by atoms with Crippen molar-refractivity contribution in [1.29, 1.82) is 0 Å². The fourth-order valence-corrected chi connectivity index (χ4v) is 2.31. The van der Waals surface area contributed by atoms with Crippen LogP contribution in [0.15, 0.2) is 15.9 Å². The Labute approximate surface area is 99.8 Å². The van der Waals surface area contributed by atoms with Gasteiger partial charge >= 0.3 is 11.9 Å². The molecule has 82 valence electrons. The molecule has 4 nitrogen and oxygen atoms in total. The van der Waals surface area contributed by atoms with Gasteiger partial charge in [-0.15, -0.1) is 11.3 Å². The summed E-state index contributed by atoms with van der Waals surface area (Å²) in [4.78, 5) is 23.0. The molecule has 0 radical (unpaired) electrons. The third-order valence-electron chi connectivity index (χ3n) is 1.51. The maximum Gasteiger partial charge on any atom is 0.396 e. The van der Waals surface area contributed by atoms with E-state index in [2.05, 4.69) is 26.0 Å². The molecule has 0 bridgehead atoms. The summed E-state index contributed by atoms with van der Waals surface area (Å²) in [7, 11) is 0. The molecule has 0 aromatic carbocycles. The molecule has 0 fully saturated rings. The molecular formula is C9H10BrNO3S. The second-order valence-electron chi connectivity index (χ2n) is 2.61. The van der Waals surface area contributed by atoms with Gasteiger partial charge in [0.2, 0.25) is 0 Å². The van der Waals surface area contributed by atoms with E-state index >= 15 is 0 Å². The molecule has 0 aliphatic heterocycles. The number of halogens is 1. The lowest BCUT2D eigenvalue weighted by molar-refractivity contribution is -0.154. The second-order valence-corrected chi connectivity index (χ2v) is 5.16. The average molecular weight is 292 g/mol. The van der Waals surface area contributed by atoms with E-state index < -0.39 is 11.9 Å². The lowest BCUT2D eigenvalue weighted by Gasteiger charge is -2.02. The summed E-state index contributed by atoms with van der Waals surface area (Å²) in [5, 5.41) is 2.47. The first-order chi connectivity index (χ1) is 7.13. The molecule has 0 aliphatic rings. The number of hydrogen-bond donors (Lipinski definition) is 1. The van der Waals surface area contributed by atoms with Crippen LogP contribution in [-0.4, -0.2) is 18.5 Å². The van der Waals surface area contributed by atoms with Gasteiger partial charge in [-0.2, -0.15) is 0 Å². The standard InChI is InChI=1S/C9H10BrNO3S/c1-2-14-9(13)8(12)11-5-6-3-4-7(10)15-6/h3-4H,2,5H2,1H3,(H,11,12). The predicted molar refractivity (Wildman–Crippen MR) is 60.5 cm³/mol. The number of rotatable bonds is 3. The quantitative estimate of drug-likeness (QED) is 0.681. The zero-order chi connectivity index (χ0) is 11.3. The number of carbonyl (C=O) groups excluding carboxylic acids is 2. The first kappa shape index (κ1) is 12.2. The molecule has 0 aliphatic carbocycles. The van der Waals surface area contributed by atoms with Gasteiger partial charge in [0.1, 0.15) is 0 Å². The van der Waals surface area contributed by atoms with Crippen molar-refractivity contribution in [1.82, 2.24) is 5.32 Å². The van der Waals surface area contributed by atoms with Gasteiger partial charge < -0.3 is 10.1 Å². The summed E-state index contributed by atoms with van der Waals surface area (Å²) < 4.78 is 5.53. The normalized spacial score (nSPS) is 9.73. The van der Waals surface area contributed by atoms with E-state index in [4.69, 9.17) is 0 Å². The van der Waals surface area contributed by atoms with Crippen LogP contribution < -0.4 is 5.32 Å². The Hall–Kier alpha value is -0.880. The van der Waals surface area contributed by atoms with Gasteiger partial charge in [0.25, 0.3) is 0 Å². The molecule has 6 heteroatoms. The largest absolute Gasteiger partial charge is 0.459 e. The monoisotopic (exact) mass is 291 g/mol. The maximum absolute atomic E-state index is 11.1. The summed E-state index contributed by atoms with van der Waals surface area (Å²) in [5.41, 5.74) is 0. The van der Waals surface area contributed by atoms with Crippen molar-refractivity contribution in [3.8, 4) is 0 Å². The molecule has 1 aromatic heterocycles. The Morgan fingerprint density at radius 1 is 1.53 bits per heavy atom. The van der Waals surface area contributed by atoms with Crippen LogP contribution in [0.1, 0.15) is 11.8 Å². The van der Waals surface area contributed by atoms with E-state index in [1.165, 1.54) is 11.3 Å². The first-order valence-corrected chi connectivity index (χ1v) is 5.93. The Morgan fingerprint density at radius 3 is 2.80 bits per heavy atom. The average Bonchev–Trinajstić information content (AvgIpc) is 2.61. The Balaban J connectivity index is 2.37. The number of esters is 1. The molecule has 1 amide bonds. The summed E-state index contributed by atoms with van der Waals surface area (Å²) in [6, 6.07) is 3.76. The van der Waals surface area contributed by atoms with Crippen LogP contribution in [0, 0.1) is 0 Å². The highest BCUT2D eigenvalue weighted by atomic mass is 79.9. The minimum absolute atomic E-state index is 0.205. The van der Waals surface area contributed by atoms with Gasteiger partial charge in [-0.05, 0) is 35.0 Å². The van der Waals surface area contributed by atoms with Gasteiger partial charge in [-0.25, -0.2) is 4.79 Å². The molecule has 0 unspecified atom stereocenters. The molecule has 1 aromatic rings. The summed E-state index contributed by atoms with van der Waals surface area (Å²) in [6.07, 6.45) is 0. The van der Waals surface area contributed by atoms with E-state index in [0.717, 1.165) is 8.66 Å². The van der Waals surface area contributed by atoms with Crippen LogP contribution in [-0.2, 0) is 20.9 Å². The van der Waals surface area contributed by atoms with Crippen LogP contribution in [0.3, 0.4) is 0 Å². The minimum Gasteiger partial charge on any atom is -0.459 e. The summed E-state index contributed by atoms with van der Waals surface area (Å²) in [5.74, 6) is -1.55. The van der Waals surface area contributed by atoms with E-state index in [9.17, 15) is 9.59 Å². The number of nitrogens with one attached hydrogen (secondary N) is 1. The van der Waals surface area contributed by atoms with Crippen LogP contribution in [0.4, 0.5) is 0 Å². The van der Waals surface area contributed by atoms with Crippen molar-refractivity contribution < 1.29 is 14.3 Å². The fourth-order valence-electron chi connectivity index (χ4n) is 0.883. The van der Waals surface area contributed by atoms with Gasteiger partial charge in [-0.1, -0.05) is 0 Å². The summed E-state index contributed by atoms with van der Waals surface area (Å²) >= 11 is 4.81. The first-order valence-electron chi connectivity index (χ1n) is 4.32. The molecule has 1 rings (SSSR count). The molecule has 1 heterocycles. The lowest BCUT2D eigenvalue weighted by Crippen LogP contribution is -2.31. The Kier molecular flexibility index (Phi) is 4.77. The van der Waals surface area contributed by atoms with Crippen LogP contribution in [0.25, 0.3) is 0 Å². The van der Waals surface area contributed by atoms with Crippen LogP contribution in [0.5, 0.6) is 0 Å². The highest BCUT2D eigenvalue weighted by Gasteiger charge is 2.13. The minimum atomic E-state index is -0.840. The fraction of sp³-hybridized carbons (Fsp3) is 0.333. The highest BCUT2D eigenvalue weighted by Crippen LogP contribution is 2.21. The van der Waals surface area contributed by atoms with E-state index in [0.29, 0.717) is 6.54 Å². The van der Waals surface area contributed by atoms with E-state index in [1.54, 1.807) is 6.92 Å². The van der Waals surface area contributed by atoms with Gasteiger partial charge in [0, 0.05) is 4.88 Å². The zero-order valence-corrected chi connectivity index (χ0v) is 10.5. The van der Waals surface area contributed by atoms with Crippen molar-refractivity contribution >= 4 is 39.1 Å². The second kappa shape index (κ2) is 5.87. The van der Waals surface area contributed by atoms with Crippen LogP contribution >= 0.6 is 27.3 Å². The molecule has 0 saturated carbocycles. The van der Waals surface area contributed by atoms with Crippen molar-refractivity contribution in [2.24, 2.45) is 0 Å². The zero-order valence-electron chi connectivity index (χ0n) is 8.08.